The number of carboxylic acid groups (broad SMARTS) is 1. The van der Waals surface area contributed by atoms with Crippen molar-refractivity contribution in [2.24, 2.45) is 0 Å². The minimum atomic E-state index is -4.62. The van der Waals surface area contributed by atoms with Crippen molar-refractivity contribution in [1.82, 2.24) is 9.80 Å². The van der Waals surface area contributed by atoms with Crippen molar-refractivity contribution in [2.75, 3.05) is 38.2 Å². The molecule has 11 heteroatoms. The summed E-state index contributed by atoms with van der Waals surface area (Å²) < 4.78 is 84.0. The average molecular weight is 530 g/mol. The van der Waals surface area contributed by atoms with Gasteiger partial charge in [0.1, 0.15) is 11.6 Å². The molecule has 0 amide bonds. The first-order valence-electron chi connectivity index (χ1n) is 12.2. The highest BCUT2D eigenvalue weighted by Gasteiger charge is 2.42. The quantitative estimate of drug-likeness (QED) is 0.448. The molecular weight excluding hydrogens is 500 g/mol. The zero-order chi connectivity index (χ0) is 26.9. The number of nitrogens with one attached hydrogen (secondary N) is 1. The van der Waals surface area contributed by atoms with Crippen molar-refractivity contribution in [3.63, 3.8) is 0 Å². The number of anilines is 1. The summed E-state index contributed by atoms with van der Waals surface area (Å²) in [4.78, 5) is 14.5. The normalized spacial score (nSPS) is 22.7. The summed E-state index contributed by atoms with van der Waals surface area (Å²) in [6, 6.07) is 3.85. The molecule has 0 radical (unpaired) electrons. The van der Waals surface area contributed by atoms with E-state index in [-0.39, 0.29) is 29.3 Å². The maximum Gasteiger partial charge on any atom is 0.401 e. The molecule has 4 rings (SSSR count). The van der Waals surface area contributed by atoms with Gasteiger partial charge >= 0.3 is 12.1 Å². The van der Waals surface area contributed by atoms with Gasteiger partial charge in [0.2, 0.25) is 0 Å². The molecule has 1 fully saturated rings. The van der Waals surface area contributed by atoms with Crippen molar-refractivity contribution in [3.8, 4) is 0 Å². The second-order valence-electron chi connectivity index (χ2n) is 9.79. The van der Waals surface area contributed by atoms with Gasteiger partial charge in [-0.25, -0.2) is 13.6 Å². The molecule has 2 N–H and O–H groups in total. The number of alkyl halides is 4. The maximum atomic E-state index is 15.5. The predicted molar refractivity (Wildman–Crippen MR) is 127 cm³/mol. The second-order valence-corrected chi connectivity index (χ2v) is 9.79. The number of fused-ring (bicyclic) bond motifs is 1. The molecule has 1 saturated heterocycles. The van der Waals surface area contributed by atoms with E-state index in [1.165, 1.54) is 25.1 Å². The highest BCUT2D eigenvalue weighted by molar-refractivity contribution is 5.88. The Morgan fingerprint density at radius 1 is 1.16 bits per heavy atom. The van der Waals surface area contributed by atoms with Gasteiger partial charge < -0.3 is 15.3 Å². The number of benzene rings is 2. The minimum absolute atomic E-state index is 0.0495. The zero-order valence-electron chi connectivity index (χ0n) is 20.3. The molecule has 2 aliphatic rings. The van der Waals surface area contributed by atoms with Gasteiger partial charge in [0.15, 0.2) is 0 Å². The highest BCUT2D eigenvalue weighted by atomic mass is 19.4. The number of carbonyl (C=O) groups is 1. The number of nitrogens with zero attached hydrogens (tertiary/aromatic N) is 2. The maximum absolute atomic E-state index is 15.5. The zero-order valence-corrected chi connectivity index (χ0v) is 20.3. The summed E-state index contributed by atoms with van der Waals surface area (Å²) in [6.07, 6.45) is -3.40. The SMILES string of the molecule is C[C@@H]1Cc2cc(C(=O)O)ccc2[C@@H](c2c(F)cc(NC3CCN(CCCF)C3)cc2F)N1CC(F)(F)F. The van der Waals surface area contributed by atoms with E-state index in [1.807, 2.05) is 0 Å². The van der Waals surface area contributed by atoms with Crippen molar-refractivity contribution in [3.05, 3.63) is 64.2 Å². The standard InChI is InChI=1S/C26H29F6N3O2/c1-15-9-17-10-16(25(36)37)3-4-20(17)24(35(15)14-26(30,31)32)23-21(28)11-19(12-22(23)29)33-18-5-8-34(13-18)7-2-6-27/h3-4,10-12,15,18,24,33H,2,5-9,13-14H2,1H3,(H,36,37)/t15-,18?,24+/m1/s1. The molecule has 2 aliphatic heterocycles. The van der Waals surface area contributed by atoms with Crippen molar-refractivity contribution >= 4 is 11.7 Å². The summed E-state index contributed by atoms with van der Waals surface area (Å²) in [7, 11) is 0. The van der Waals surface area contributed by atoms with E-state index < -0.39 is 54.6 Å². The molecule has 0 bridgehead atoms. The number of carboxylic acids is 1. The van der Waals surface area contributed by atoms with Crippen LogP contribution < -0.4 is 5.32 Å². The van der Waals surface area contributed by atoms with Crippen molar-refractivity contribution in [2.45, 2.75) is 50.5 Å². The van der Waals surface area contributed by atoms with E-state index in [4.69, 9.17) is 0 Å². The van der Waals surface area contributed by atoms with Gasteiger partial charge in [-0.3, -0.25) is 9.29 Å². The number of aromatic carboxylic acids is 1. The topological polar surface area (TPSA) is 55.8 Å². The molecule has 0 aliphatic carbocycles. The van der Waals surface area contributed by atoms with Crippen LogP contribution in [0, 0.1) is 11.6 Å². The van der Waals surface area contributed by atoms with Crippen LogP contribution in [-0.2, 0) is 6.42 Å². The second kappa shape index (κ2) is 10.9. The third kappa shape index (κ3) is 6.20. The first kappa shape index (κ1) is 27.3. The molecule has 1 unspecified atom stereocenters. The van der Waals surface area contributed by atoms with Crippen LogP contribution in [0.25, 0.3) is 0 Å². The number of rotatable bonds is 8. The monoisotopic (exact) mass is 529 g/mol. The summed E-state index contributed by atoms with van der Waals surface area (Å²) in [5.74, 6) is -3.18. The van der Waals surface area contributed by atoms with Gasteiger partial charge in [-0.15, -0.1) is 0 Å². The predicted octanol–water partition coefficient (Wildman–Crippen LogP) is 5.41. The Kier molecular flexibility index (Phi) is 8.03. The van der Waals surface area contributed by atoms with E-state index in [2.05, 4.69) is 10.2 Å². The summed E-state index contributed by atoms with van der Waals surface area (Å²) in [5, 5.41) is 12.4. The van der Waals surface area contributed by atoms with Gasteiger partial charge in [-0.1, -0.05) is 6.07 Å². The van der Waals surface area contributed by atoms with Crippen LogP contribution in [0.15, 0.2) is 30.3 Å². The number of hydrogen-bond acceptors (Lipinski definition) is 4. The first-order valence-corrected chi connectivity index (χ1v) is 12.2. The molecule has 202 valence electrons. The molecule has 0 spiro atoms. The van der Waals surface area contributed by atoms with Gasteiger partial charge in [0, 0.05) is 43.0 Å². The van der Waals surface area contributed by atoms with E-state index >= 15 is 8.78 Å². The largest absolute Gasteiger partial charge is 0.478 e. The highest BCUT2D eigenvalue weighted by Crippen LogP contribution is 2.42. The van der Waals surface area contributed by atoms with Crippen LogP contribution in [0.1, 0.15) is 52.9 Å². The van der Waals surface area contributed by atoms with Crippen LogP contribution >= 0.6 is 0 Å². The third-order valence-corrected chi connectivity index (χ3v) is 7.06. The molecular formula is C26H29F6N3O2. The molecule has 2 heterocycles. The fraction of sp³-hybridized carbons (Fsp3) is 0.500. The number of halogens is 6. The van der Waals surface area contributed by atoms with Gasteiger partial charge in [0.05, 0.1) is 24.8 Å². The molecule has 2 aromatic carbocycles. The Morgan fingerprint density at radius 3 is 2.49 bits per heavy atom. The lowest BCUT2D eigenvalue weighted by molar-refractivity contribution is -0.155. The van der Waals surface area contributed by atoms with E-state index in [1.54, 1.807) is 0 Å². The Labute approximate surface area is 211 Å². The lowest BCUT2D eigenvalue weighted by Gasteiger charge is -2.42. The lowest BCUT2D eigenvalue weighted by atomic mass is 9.83. The molecule has 0 aromatic heterocycles. The van der Waals surface area contributed by atoms with Gasteiger partial charge in [-0.05, 0) is 61.6 Å². The molecule has 37 heavy (non-hydrogen) atoms. The fourth-order valence-electron chi connectivity index (χ4n) is 5.43. The van der Waals surface area contributed by atoms with Gasteiger partial charge in [-0.2, -0.15) is 13.2 Å². The lowest BCUT2D eigenvalue weighted by Crippen LogP contribution is -2.47. The summed E-state index contributed by atoms with van der Waals surface area (Å²) in [5.41, 5.74) is 0.290. The summed E-state index contributed by atoms with van der Waals surface area (Å²) in [6.45, 7) is 1.63. The minimum Gasteiger partial charge on any atom is -0.478 e. The van der Waals surface area contributed by atoms with Crippen molar-refractivity contribution in [1.29, 1.82) is 0 Å². The molecule has 3 atom stereocenters. The molecule has 0 saturated carbocycles. The first-order chi connectivity index (χ1) is 17.5. The molecule has 2 aromatic rings. The summed E-state index contributed by atoms with van der Waals surface area (Å²) >= 11 is 0. The molecule has 5 nitrogen and oxygen atoms in total. The Morgan fingerprint density at radius 2 is 1.86 bits per heavy atom. The van der Waals surface area contributed by atoms with Crippen LogP contribution in [0.4, 0.5) is 32.0 Å². The van der Waals surface area contributed by atoms with Crippen LogP contribution in [0.5, 0.6) is 0 Å². The number of hydrogen-bond donors (Lipinski definition) is 2. The smallest absolute Gasteiger partial charge is 0.401 e. The van der Waals surface area contributed by atoms with Crippen LogP contribution in [-0.4, -0.2) is 72.0 Å². The van der Waals surface area contributed by atoms with E-state index in [0.717, 1.165) is 23.6 Å². The number of likely N-dealkylation sites (tertiary alicyclic amines) is 1. The third-order valence-electron chi connectivity index (χ3n) is 7.06. The Hall–Kier alpha value is -2.79. The van der Waals surface area contributed by atoms with Gasteiger partial charge in [0.25, 0.3) is 0 Å². The van der Waals surface area contributed by atoms with Crippen LogP contribution in [0.3, 0.4) is 0 Å². The van der Waals surface area contributed by atoms with E-state index in [9.17, 15) is 27.5 Å². The van der Waals surface area contributed by atoms with Crippen LogP contribution in [0.2, 0.25) is 0 Å². The van der Waals surface area contributed by atoms with E-state index in [0.29, 0.717) is 31.5 Å². The Balaban J connectivity index is 1.68. The average Bonchev–Trinajstić information content (AvgIpc) is 3.25. The fourth-order valence-corrected chi connectivity index (χ4v) is 5.43. The Bertz CT molecular complexity index is 1120. The van der Waals surface area contributed by atoms with Crippen molar-refractivity contribution < 1.29 is 36.2 Å².